The number of nitrogens with one attached hydrogen (secondary N) is 1. The van der Waals surface area contributed by atoms with Crippen molar-refractivity contribution in [2.75, 3.05) is 6.54 Å². The summed E-state index contributed by atoms with van der Waals surface area (Å²) >= 11 is 4.52. The summed E-state index contributed by atoms with van der Waals surface area (Å²) in [7, 11) is 5.51. The number of hydrogen-bond acceptors (Lipinski definition) is 3. The van der Waals surface area contributed by atoms with Crippen molar-refractivity contribution < 1.29 is 4.79 Å². The molecule has 1 N–H and O–H groups in total. The normalized spacial score (nSPS) is 23.8. The number of β-lactam (4-membered cyclic amide) rings is 1. The summed E-state index contributed by atoms with van der Waals surface area (Å²) in [6.45, 7) is 8.51. The summed E-state index contributed by atoms with van der Waals surface area (Å²) in [6.07, 6.45) is 10.6. The number of allylic oxidation sites excluding steroid dienone is 4. The van der Waals surface area contributed by atoms with Crippen LogP contribution in [-0.4, -0.2) is 36.6 Å². The molecule has 1 saturated heterocycles. The highest BCUT2D eigenvalue weighted by atomic mass is 32.1. The van der Waals surface area contributed by atoms with E-state index in [1.807, 2.05) is 0 Å². The standard InChI is InChI=1S/C17H23BN2OS/c1-12(11-18)8-9-20-16(21)15(17(20)22)19-13(2)10-14-6-4-3-5-7-14/h4,6-7,15,17,19,22H,1-3,5,8-11H2/t15-,17?/m1/s1. The fourth-order valence-corrected chi connectivity index (χ4v) is 3.04. The van der Waals surface area contributed by atoms with Gasteiger partial charge in [-0.2, -0.15) is 12.6 Å². The van der Waals surface area contributed by atoms with Crippen LogP contribution in [0.25, 0.3) is 0 Å². The largest absolute Gasteiger partial charge is 0.375 e. The van der Waals surface area contributed by atoms with E-state index in [4.69, 9.17) is 7.85 Å². The molecule has 1 heterocycles. The van der Waals surface area contributed by atoms with Crippen LogP contribution in [0.1, 0.15) is 25.7 Å². The minimum Gasteiger partial charge on any atom is -0.375 e. The highest BCUT2D eigenvalue weighted by Gasteiger charge is 2.44. The fourth-order valence-electron chi connectivity index (χ4n) is 2.61. The predicted octanol–water partition coefficient (Wildman–Crippen LogP) is 2.76. The van der Waals surface area contributed by atoms with Crippen molar-refractivity contribution in [3.63, 3.8) is 0 Å². The van der Waals surface area contributed by atoms with Gasteiger partial charge in [-0.25, -0.2) is 0 Å². The molecule has 0 aromatic carbocycles. The molecule has 0 bridgehead atoms. The first-order valence-corrected chi connectivity index (χ1v) is 8.19. The zero-order chi connectivity index (χ0) is 16.1. The lowest BCUT2D eigenvalue weighted by atomic mass is 9.95. The zero-order valence-electron chi connectivity index (χ0n) is 12.9. The Kier molecular flexibility index (Phi) is 6.01. The molecule has 1 aliphatic heterocycles. The molecule has 0 saturated carbocycles. The average molecular weight is 314 g/mol. The summed E-state index contributed by atoms with van der Waals surface area (Å²) in [4.78, 5) is 13.9. The Morgan fingerprint density at radius 1 is 1.45 bits per heavy atom. The molecule has 2 radical (unpaired) electrons. The second-order valence-corrected chi connectivity index (χ2v) is 6.34. The number of carbonyl (C=O) groups excluding carboxylic acids is 1. The second kappa shape index (κ2) is 7.77. The van der Waals surface area contributed by atoms with E-state index < -0.39 is 0 Å². The molecule has 22 heavy (non-hydrogen) atoms. The monoisotopic (exact) mass is 314 g/mol. The molecule has 1 amide bonds. The van der Waals surface area contributed by atoms with Crippen LogP contribution in [0, 0.1) is 0 Å². The molecule has 0 spiro atoms. The lowest BCUT2D eigenvalue weighted by Gasteiger charge is -2.45. The molecular weight excluding hydrogens is 291 g/mol. The Hall–Kier alpha value is -1.36. The molecule has 5 heteroatoms. The van der Waals surface area contributed by atoms with Crippen molar-refractivity contribution in [1.29, 1.82) is 0 Å². The third kappa shape index (κ3) is 4.10. The topological polar surface area (TPSA) is 32.3 Å². The van der Waals surface area contributed by atoms with Crippen LogP contribution in [0.5, 0.6) is 0 Å². The first-order valence-electron chi connectivity index (χ1n) is 7.68. The molecule has 2 rings (SSSR count). The van der Waals surface area contributed by atoms with Gasteiger partial charge in [0, 0.05) is 18.7 Å². The van der Waals surface area contributed by atoms with Gasteiger partial charge in [-0.15, -0.1) is 6.58 Å². The fraction of sp³-hybridized carbons (Fsp3) is 0.471. The Morgan fingerprint density at radius 2 is 2.23 bits per heavy atom. The van der Waals surface area contributed by atoms with Crippen molar-refractivity contribution in [2.24, 2.45) is 0 Å². The van der Waals surface area contributed by atoms with Gasteiger partial charge in [0.15, 0.2) is 0 Å². The molecule has 2 aliphatic rings. The quantitative estimate of drug-likeness (QED) is 0.312. The molecular formula is C17H23BN2OS. The maximum absolute atomic E-state index is 12.2. The van der Waals surface area contributed by atoms with Crippen molar-refractivity contribution in [3.8, 4) is 0 Å². The van der Waals surface area contributed by atoms with E-state index in [1.165, 1.54) is 5.57 Å². The summed E-state index contributed by atoms with van der Waals surface area (Å²) in [5.74, 6) is 0.0686. The van der Waals surface area contributed by atoms with Gasteiger partial charge in [-0.05, 0) is 24.8 Å². The Balaban J connectivity index is 1.78. The highest BCUT2D eigenvalue weighted by Crippen LogP contribution is 2.26. The van der Waals surface area contributed by atoms with Gasteiger partial charge >= 0.3 is 0 Å². The van der Waals surface area contributed by atoms with Crippen LogP contribution in [-0.2, 0) is 4.79 Å². The number of thiol groups is 1. The number of carbonyl (C=O) groups is 1. The van der Waals surface area contributed by atoms with Gasteiger partial charge in [0.2, 0.25) is 5.91 Å². The van der Waals surface area contributed by atoms with Crippen molar-refractivity contribution in [3.05, 3.63) is 48.2 Å². The van der Waals surface area contributed by atoms with Gasteiger partial charge in [-0.1, -0.05) is 36.7 Å². The minimum atomic E-state index is -0.282. The van der Waals surface area contributed by atoms with Crippen LogP contribution in [0.2, 0.25) is 6.32 Å². The van der Waals surface area contributed by atoms with E-state index in [0.29, 0.717) is 12.9 Å². The Morgan fingerprint density at radius 3 is 2.82 bits per heavy atom. The third-order valence-electron chi connectivity index (χ3n) is 4.01. The van der Waals surface area contributed by atoms with Crippen LogP contribution in [0.4, 0.5) is 0 Å². The predicted molar refractivity (Wildman–Crippen MR) is 95.9 cm³/mol. The van der Waals surface area contributed by atoms with Gasteiger partial charge in [0.05, 0.1) is 7.85 Å². The number of amides is 1. The summed E-state index contributed by atoms with van der Waals surface area (Å²) in [5, 5.41) is 3.09. The van der Waals surface area contributed by atoms with E-state index in [0.717, 1.165) is 37.0 Å². The van der Waals surface area contributed by atoms with Crippen LogP contribution in [0.15, 0.2) is 48.2 Å². The van der Waals surface area contributed by atoms with Crippen molar-refractivity contribution in [2.45, 2.75) is 43.4 Å². The highest BCUT2D eigenvalue weighted by molar-refractivity contribution is 7.81. The summed E-state index contributed by atoms with van der Waals surface area (Å²) in [6, 6.07) is -0.282. The van der Waals surface area contributed by atoms with Crippen molar-refractivity contribution >= 4 is 26.4 Å². The summed E-state index contributed by atoms with van der Waals surface area (Å²) < 4.78 is 0. The molecule has 116 valence electrons. The van der Waals surface area contributed by atoms with Gasteiger partial charge < -0.3 is 10.2 Å². The van der Waals surface area contributed by atoms with Gasteiger partial charge in [0.1, 0.15) is 11.4 Å². The maximum atomic E-state index is 12.2. The molecule has 3 nitrogen and oxygen atoms in total. The molecule has 1 aliphatic carbocycles. The summed E-state index contributed by atoms with van der Waals surface area (Å²) in [5.41, 5.74) is 3.06. The number of nitrogens with zero attached hydrogens (tertiary/aromatic N) is 1. The SMILES string of the molecule is [B]CC(=C)CCN1C(=O)[C@@H](NC(=C)CC2=CCCC=C2)C1S. The van der Waals surface area contributed by atoms with Crippen molar-refractivity contribution in [1.82, 2.24) is 10.2 Å². The first-order chi connectivity index (χ1) is 10.5. The van der Waals surface area contributed by atoms with Crippen LogP contribution < -0.4 is 5.32 Å². The second-order valence-electron chi connectivity index (χ2n) is 5.81. The van der Waals surface area contributed by atoms with E-state index in [-0.39, 0.29) is 17.3 Å². The number of hydrogen-bond donors (Lipinski definition) is 2. The van der Waals surface area contributed by atoms with Crippen LogP contribution >= 0.6 is 12.6 Å². The lowest BCUT2D eigenvalue weighted by Crippen LogP contribution is -2.67. The number of likely N-dealkylation sites (tertiary alicyclic amines) is 1. The van der Waals surface area contributed by atoms with Gasteiger partial charge in [0.25, 0.3) is 0 Å². The Labute approximate surface area is 140 Å². The molecule has 0 aromatic heterocycles. The van der Waals surface area contributed by atoms with E-state index in [2.05, 4.69) is 49.3 Å². The lowest BCUT2D eigenvalue weighted by molar-refractivity contribution is -0.145. The smallest absolute Gasteiger partial charge is 0.249 e. The third-order valence-corrected chi connectivity index (χ3v) is 4.59. The Bertz CT molecular complexity index is 527. The average Bonchev–Trinajstić information content (AvgIpc) is 2.53. The van der Waals surface area contributed by atoms with E-state index in [9.17, 15) is 4.79 Å². The first kappa shape index (κ1) is 17.0. The van der Waals surface area contributed by atoms with E-state index in [1.54, 1.807) is 4.90 Å². The zero-order valence-corrected chi connectivity index (χ0v) is 13.8. The molecule has 1 fully saturated rings. The number of rotatable bonds is 8. The maximum Gasteiger partial charge on any atom is 0.249 e. The van der Waals surface area contributed by atoms with Gasteiger partial charge in [-0.3, -0.25) is 4.79 Å². The van der Waals surface area contributed by atoms with Crippen LogP contribution in [0.3, 0.4) is 0 Å². The molecule has 0 aromatic rings. The minimum absolute atomic E-state index is 0.0686. The molecule has 1 unspecified atom stereocenters. The van der Waals surface area contributed by atoms with E-state index >= 15 is 0 Å². The molecule has 2 atom stereocenters.